The zero-order valence-electron chi connectivity index (χ0n) is 9.11. The van der Waals surface area contributed by atoms with Crippen LogP contribution in [-0.4, -0.2) is 62.4 Å². The number of rotatable bonds is 2. The SMILES string of the molecule is NC(=O)C1(N2CCNCC2)CCS(=O)(=O)C1. The lowest BCUT2D eigenvalue weighted by molar-refractivity contribution is -0.129. The van der Waals surface area contributed by atoms with Gasteiger partial charge in [0.15, 0.2) is 9.84 Å². The molecule has 0 radical (unpaired) electrons. The number of nitrogens with zero attached hydrogens (tertiary/aromatic N) is 1. The number of nitrogens with two attached hydrogens (primary N) is 1. The molecule has 2 rings (SSSR count). The number of sulfone groups is 1. The summed E-state index contributed by atoms with van der Waals surface area (Å²) in [6.45, 7) is 2.90. The number of nitrogens with one attached hydrogen (secondary N) is 1. The van der Waals surface area contributed by atoms with Crippen LogP contribution in [0, 0.1) is 0 Å². The van der Waals surface area contributed by atoms with Crippen LogP contribution in [0.5, 0.6) is 0 Å². The van der Waals surface area contributed by atoms with Crippen molar-refractivity contribution in [2.75, 3.05) is 37.7 Å². The highest BCUT2D eigenvalue weighted by atomic mass is 32.2. The van der Waals surface area contributed by atoms with Crippen molar-refractivity contribution in [3.05, 3.63) is 0 Å². The summed E-state index contributed by atoms with van der Waals surface area (Å²) in [6.07, 6.45) is 0.338. The Labute approximate surface area is 95.1 Å². The third-order valence-corrected chi connectivity index (χ3v) is 5.21. The predicted molar refractivity (Wildman–Crippen MR) is 59.6 cm³/mol. The predicted octanol–water partition coefficient (Wildman–Crippen LogP) is -2.07. The lowest BCUT2D eigenvalue weighted by atomic mass is 9.95. The molecule has 16 heavy (non-hydrogen) atoms. The molecule has 0 saturated carbocycles. The van der Waals surface area contributed by atoms with E-state index in [9.17, 15) is 13.2 Å². The molecule has 2 heterocycles. The molecule has 2 saturated heterocycles. The molecule has 1 unspecified atom stereocenters. The smallest absolute Gasteiger partial charge is 0.239 e. The molecule has 2 aliphatic rings. The van der Waals surface area contributed by atoms with E-state index in [0.717, 1.165) is 13.1 Å². The van der Waals surface area contributed by atoms with E-state index < -0.39 is 21.3 Å². The maximum Gasteiger partial charge on any atom is 0.239 e. The first-order chi connectivity index (χ1) is 7.46. The Morgan fingerprint density at radius 2 is 1.94 bits per heavy atom. The fraction of sp³-hybridized carbons (Fsp3) is 0.889. The Kier molecular flexibility index (Phi) is 2.93. The second-order valence-corrected chi connectivity index (χ2v) is 6.66. The van der Waals surface area contributed by atoms with Gasteiger partial charge in [-0.1, -0.05) is 0 Å². The fourth-order valence-corrected chi connectivity index (χ4v) is 4.51. The van der Waals surface area contributed by atoms with Crippen LogP contribution in [0.2, 0.25) is 0 Å². The summed E-state index contributed by atoms with van der Waals surface area (Å²) in [7, 11) is -3.11. The van der Waals surface area contributed by atoms with Crippen LogP contribution in [0.15, 0.2) is 0 Å². The van der Waals surface area contributed by atoms with Gasteiger partial charge in [0.2, 0.25) is 5.91 Å². The number of primary amides is 1. The number of amides is 1. The first-order valence-electron chi connectivity index (χ1n) is 5.42. The van der Waals surface area contributed by atoms with Crippen molar-refractivity contribution in [3.8, 4) is 0 Å². The molecule has 6 nitrogen and oxygen atoms in total. The summed E-state index contributed by atoms with van der Waals surface area (Å²) in [5.41, 5.74) is 4.46. The van der Waals surface area contributed by atoms with E-state index >= 15 is 0 Å². The van der Waals surface area contributed by atoms with Crippen molar-refractivity contribution in [1.82, 2.24) is 10.2 Å². The lowest BCUT2D eigenvalue weighted by Gasteiger charge is -2.40. The van der Waals surface area contributed by atoms with E-state index in [1.165, 1.54) is 0 Å². The van der Waals surface area contributed by atoms with Crippen molar-refractivity contribution in [3.63, 3.8) is 0 Å². The fourth-order valence-electron chi connectivity index (χ4n) is 2.52. The highest BCUT2D eigenvalue weighted by Gasteiger charge is 2.51. The lowest BCUT2D eigenvalue weighted by Crippen LogP contribution is -2.63. The number of piperazine rings is 1. The Hall–Kier alpha value is -0.660. The quantitative estimate of drug-likeness (QED) is 0.585. The number of carbonyl (C=O) groups excluding carboxylic acids is 1. The minimum atomic E-state index is -3.11. The second-order valence-electron chi connectivity index (χ2n) is 4.47. The van der Waals surface area contributed by atoms with Crippen LogP contribution < -0.4 is 11.1 Å². The highest BCUT2D eigenvalue weighted by Crippen LogP contribution is 2.29. The van der Waals surface area contributed by atoms with Gasteiger partial charge in [-0.15, -0.1) is 0 Å². The zero-order valence-corrected chi connectivity index (χ0v) is 9.92. The molecule has 0 bridgehead atoms. The van der Waals surface area contributed by atoms with Crippen LogP contribution in [0.3, 0.4) is 0 Å². The molecule has 0 aromatic rings. The molecule has 92 valence electrons. The third kappa shape index (κ3) is 1.94. The van der Waals surface area contributed by atoms with Crippen LogP contribution in [0.25, 0.3) is 0 Å². The van der Waals surface area contributed by atoms with Gasteiger partial charge in [-0.25, -0.2) is 8.42 Å². The van der Waals surface area contributed by atoms with Gasteiger partial charge in [0.25, 0.3) is 0 Å². The molecule has 1 atom stereocenters. The number of carbonyl (C=O) groups is 1. The van der Waals surface area contributed by atoms with Crippen molar-refractivity contribution in [2.24, 2.45) is 5.73 Å². The first kappa shape index (κ1) is 11.8. The summed E-state index contributed by atoms with van der Waals surface area (Å²) in [5.74, 6) is -0.551. The molecular formula is C9H17N3O3S. The van der Waals surface area contributed by atoms with E-state index in [1.807, 2.05) is 4.90 Å². The second kappa shape index (κ2) is 3.97. The average Bonchev–Trinajstić information content (AvgIpc) is 2.57. The molecular weight excluding hydrogens is 230 g/mol. The maximum absolute atomic E-state index is 11.6. The number of hydrogen-bond acceptors (Lipinski definition) is 5. The van der Waals surface area contributed by atoms with Gasteiger partial charge >= 0.3 is 0 Å². The maximum atomic E-state index is 11.6. The van der Waals surface area contributed by atoms with Gasteiger partial charge in [0, 0.05) is 26.2 Å². The van der Waals surface area contributed by atoms with Gasteiger partial charge in [-0.05, 0) is 6.42 Å². The van der Waals surface area contributed by atoms with Crippen LogP contribution in [0.1, 0.15) is 6.42 Å². The van der Waals surface area contributed by atoms with E-state index in [-0.39, 0.29) is 11.5 Å². The van der Waals surface area contributed by atoms with Crippen LogP contribution >= 0.6 is 0 Å². The molecule has 0 spiro atoms. The van der Waals surface area contributed by atoms with E-state index in [2.05, 4.69) is 5.32 Å². The average molecular weight is 247 g/mol. The van der Waals surface area contributed by atoms with Crippen LogP contribution in [-0.2, 0) is 14.6 Å². The molecule has 0 aromatic carbocycles. The Bertz CT molecular complexity index is 389. The zero-order chi connectivity index (χ0) is 11.8. The Balaban J connectivity index is 2.26. The molecule has 0 aliphatic carbocycles. The summed E-state index contributed by atoms with van der Waals surface area (Å²) < 4.78 is 23.1. The van der Waals surface area contributed by atoms with Gasteiger partial charge in [-0.2, -0.15) is 0 Å². The topological polar surface area (TPSA) is 92.5 Å². The monoisotopic (exact) mass is 247 g/mol. The molecule has 2 fully saturated rings. The van der Waals surface area contributed by atoms with E-state index in [1.54, 1.807) is 0 Å². The van der Waals surface area contributed by atoms with Gasteiger partial charge < -0.3 is 11.1 Å². The Morgan fingerprint density at radius 3 is 2.38 bits per heavy atom. The van der Waals surface area contributed by atoms with Crippen molar-refractivity contribution >= 4 is 15.7 Å². The van der Waals surface area contributed by atoms with Crippen LogP contribution in [0.4, 0.5) is 0 Å². The third-order valence-electron chi connectivity index (χ3n) is 3.47. The largest absolute Gasteiger partial charge is 0.368 e. The molecule has 0 aromatic heterocycles. The minimum absolute atomic E-state index is 0.0693. The van der Waals surface area contributed by atoms with Gasteiger partial charge in [0.05, 0.1) is 11.5 Å². The summed E-state index contributed by atoms with van der Waals surface area (Å²) in [6, 6.07) is 0. The summed E-state index contributed by atoms with van der Waals surface area (Å²) in [5, 5.41) is 3.17. The van der Waals surface area contributed by atoms with Crippen molar-refractivity contribution < 1.29 is 13.2 Å². The molecule has 1 amide bonds. The van der Waals surface area contributed by atoms with E-state index in [0.29, 0.717) is 19.5 Å². The number of hydrogen-bond donors (Lipinski definition) is 2. The summed E-state index contributed by atoms with van der Waals surface area (Å²) >= 11 is 0. The normalized spacial score (nSPS) is 35.0. The van der Waals surface area contributed by atoms with Gasteiger partial charge in [0.1, 0.15) is 5.54 Å². The first-order valence-corrected chi connectivity index (χ1v) is 7.25. The molecule has 2 aliphatic heterocycles. The van der Waals surface area contributed by atoms with Crippen molar-refractivity contribution in [1.29, 1.82) is 0 Å². The molecule has 7 heteroatoms. The minimum Gasteiger partial charge on any atom is -0.368 e. The van der Waals surface area contributed by atoms with Gasteiger partial charge in [-0.3, -0.25) is 9.69 Å². The standard InChI is InChI=1S/C9H17N3O3S/c10-8(13)9(1-6-16(14,15)7-9)12-4-2-11-3-5-12/h11H,1-7H2,(H2,10,13). The van der Waals surface area contributed by atoms with Crippen molar-refractivity contribution in [2.45, 2.75) is 12.0 Å². The summed E-state index contributed by atoms with van der Waals surface area (Å²) in [4.78, 5) is 13.5. The highest BCUT2D eigenvalue weighted by molar-refractivity contribution is 7.91. The van der Waals surface area contributed by atoms with E-state index in [4.69, 9.17) is 5.73 Å². The molecule has 3 N–H and O–H groups in total. The Morgan fingerprint density at radius 1 is 1.31 bits per heavy atom.